The van der Waals surface area contributed by atoms with E-state index in [0.717, 1.165) is 6.42 Å². The molecule has 0 heterocycles. The van der Waals surface area contributed by atoms with Gasteiger partial charge in [-0.1, -0.05) is 18.5 Å². The van der Waals surface area contributed by atoms with Crippen molar-refractivity contribution < 1.29 is 9.72 Å². The molecule has 2 N–H and O–H groups in total. The van der Waals surface area contributed by atoms with Crippen LogP contribution in [0.25, 0.3) is 0 Å². The first-order valence-corrected chi connectivity index (χ1v) is 5.41. The molecule has 1 aromatic rings. The molecule has 0 aliphatic heterocycles. The number of rotatable bonds is 4. The van der Waals surface area contributed by atoms with Gasteiger partial charge in [0.2, 0.25) is 0 Å². The van der Waals surface area contributed by atoms with Crippen molar-refractivity contribution >= 4 is 29.0 Å². The van der Waals surface area contributed by atoms with Gasteiger partial charge in [0, 0.05) is 17.6 Å². The third-order valence-electron chi connectivity index (χ3n) is 1.94. The van der Waals surface area contributed by atoms with Gasteiger partial charge in [-0.15, -0.1) is 0 Å². The fourth-order valence-electron chi connectivity index (χ4n) is 1.17. The second-order valence-corrected chi connectivity index (χ2v) is 3.74. The number of nitrogens with zero attached hydrogens (tertiary/aromatic N) is 1. The zero-order valence-corrected chi connectivity index (χ0v) is 9.95. The molecule has 0 aromatic heterocycles. The number of urea groups is 1. The van der Waals surface area contributed by atoms with Crippen LogP contribution in [0.15, 0.2) is 18.2 Å². The maximum atomic E-state index is 11.4. The standard InChI is InChI=1S/C10H12ClN3O3/c1-2-5-12-10(15)13-8-4-3-7(11)6-9(8)14(16)17/h3-4,6H,2,5H2,1H3,(H2,12,13,15). The van der Waals surface area contributed by atoms with Crippen LogP contribution in [0.2, 0.25) is 5.02 Å². The summed E-state index contributed by atoms with van der Waals surface area (Å²) in [5.74, 6) is 0. The number of amides is 2. The lowest BCUT2D eigenvalue weighted by molar-refractivity contribution is -0.383. The second kappa shape index (κ2) is 6.05. The molecule has 1 aromatic carbocycles. The molecule has 17 heavy (non-hydrogen) atoms. The minimum atomic E-state index is -0.596. The molecule has 1 rings (SSSR count). The van der Waals surface area contributed by atoms with Crippen LogP contribution in [0.3, 0.4) is 0 Å². The van der Waals surface area contributed by atoms with Gasteiger partial charge >= 0.3 is 6.03 Å². The average Bonchev–Trinajstić information content (AvgIpc) is 2.28. The molecule has 0 fully saturated rings. The normalized spacial score (nSPS) is 9.76. The Morgan fingerprint density at radius 1 is 1.53 bits per heavy atom. The largest absolute Gasteiger partial charge is 0.338 e. The smallest absolute Gasteiger partial charge is 0.319 e. The Labute approximate surface area is 103 Å². The average molecular weight is 258 g/mol. The number of hydrogen-bond acceptors (Lipinski definition) is 3. The summed E-state index contributed by atoms with van der Waals surface area (Å²) in [6.07, 6.45) is 0.788. The number of nitro groups is 1. The van der Waals surface area contributed by atoms with Crippen LogP contribution < -0.4 is 10.6 Å². The van der Waals surface area contributed by atoms with Gasteiger partial charge in [-0.3, -0.25) is 10.1 Å². The third-order valence-corrected chi connectivity index (χ3v) is 2.18. The van der Waals surface area contributed by atoms with Crippen LogP contribution in [0.4, 0.5) is 16.2 Å². The van der Waals surface area contributed by atoms with Crippen molar-refractivity contribution in [2.45, 2.75) is 13.3 Å². The lowest BCUT2D eigenvalue weighted by atomic mass is 10.2. The first kappa shape index (κ1) is 13.2. The highest BCUT2D eigenvalue weighted by molar-refractivity contribution is 6.31. The van der Waals surface area contributed by atoms with E-state index in [1.54, 1.807) is 0 Å². The zero-order chi connectivity index (χ0) is 12.8. The number of benzene rings is 1. The maximum absolute atomic E-state index is 11.4. The van der Waals surface area contributed by atoms with Crippen molar-refractivity contribution in [2.75, 3.05) is 11.9 Å². The Morgan fingerprint density at radius 2 is 2.24 bits per heavy atom. The van der Waals surface area contributed by atoms with Gasteiger partial charge in [0.15, 0.2) is 0 Å². The summed E-state index contributed by atoms with van der Waals surface area (Å²) in [6, 6.07) is 3.59. The summed E-state index contributed by atoms with van der Waals surface area (Å²) >= 11 is 5.65. The summed E-state index contributed by atoms with van der Waals surface area (Å²) in [6.45, 7) is 2.41. The minimum Gasteiger partial charge on any atom is -0.338 e. The molecule has 0 saturated heterocycles. The molecule has 2 amide bonds. The number of nitro benzene ring substituents is 1. The summed E-state index contributed by atoms with van der Waals surface area (Å²) in [4.78, 5) is 21.5. The minimum absolute atomic E-state index is 0.119. The Bertz CT molecular complexity index is 437. The molecule has 0 atom stereocenters. The predicted molar refractivity (Wildman–Crippen MR) is 65.4 cm³/mol. The maximum Gasteiger partial charge on any atom is 0.319 e. The fourth-order valence-corrected chi connectivity index (χ4v) is 1.33. The van der Waals surface area contributed by atoms with E-state index in [1.165, 1.54) is 18.2 Å². The number of carbonyl (C=O) groups excluding carboxylic acids is 1. The van der Waals surface area contributed by atoms with Crippen LogP contribution in [-0.4, -0.2) is 17.5 Å². The SMILES string of the molecule is CCCNC(=O)Nc1ccc(Cl)cc1[N+](=O)[O-]. The Hall–Kier alpha value is -1.82. The zero-order valence-electron chi connectivity index (χ0n) is 9.20. The topological polar surface area (TPSA) is 84.3 Å². The van der Waals surface area contributed by atoms with Gasteiger partial charge in [0.1, 0.15) is 5.69 Å². The number of nitrogens with one attached hydrogen (secondary N) is 2. The Morgan fingerprint density at radius 3 is 2.82 bits per heavy atom. The number of carbonyl (C=O) groups is 1. The monoisotopic (exact) mass is 257 g/mol. The first-order chi connectivity index (χ1) is 8.04. The van der Waals surface area contributed by atoms with E-state index in [1.807, 2.05) is 6.92 Å². The van der Waals surface area contributed by atoms with Crippen LogP contribution in [0.1, 0.15) is 13.3 Å². The molecule has 0 aliphatic rings. The summed E-state index contributed by atoms with van der Waals surface area (Å²) < 4.78 is 0. The van der Waals surface area contributed by atoms with Gasteiger partial charge in [0.25, 0.3) is 5.69 Å². The van der Waals surface area contributed by atoms with Crippen LogP contribution in [-0.2, 0) is 0 Å². The summed E-state index contributed by atoms with van der Waals surface area (Å²) in [5, 5.41) is 16.0. The predicted octanol–water partition coefficient (Wildman–Crippen LogP) is 2.78. The van der Waals surface area contributed by atoms with Crippen LogP contribution in [0.5, 0.6) is 0 Å². The van der Waals surface area contributed by atoms with E-state index in [9.17, 15) is 14.9 Å². The van der Waals surface area contributed by atoms with Crippen molar-refractivity contribution in [1.29, 1.82) is 0 Å². The van der Waals surface area contributed by atoms with Gasteiger partial charge in [-0.05, 0) is 18.6 Å². The fraction of sp³-hybridized carbons (Fsp3) is 0.300. The highest BCUT2D eigenvalue weighted by Crippen LogP contribution is 2.27. The van der Waals surface area contributed by atoms with Crippen molar-refractivity contribution in [1.82, 2.24) is 5.32 Å². The molecule has 0 bridgehead atoms. The second-order valence-electron chi connectivity index (χ2n) is 3.30. The van der Waals surface area contributed by atoms with E-state index in [-0.39, 0.29) is 16.4 Å². The van der Waals surface area contributed by atoms with E-state index in [2.05, 4.69) is 10.6 Å². The molecule has 0 unspecified atom stereocenters. The van der Waals surface area contributed by atoms with Crippen molar-refractivity contribution in [2.24, 2.45) is 0 Å². The molecule has 0 saturated carbocycles. The van der Waals surface area contributed by atoms with Gasteiger partial charge in [-0.2, -0.15) is 0 Å². The molecule has 0 spiro atoms. The molecular weight excluding hydrogens is 246 g/mol. The molecule has 92 valence electrons. The third kappa shape index (κ3) is 3.92. The van der Waals surface area contributed by atoms with Crippen molar-refractivity contribution in [3.63, 3.8) is 0 Å². The lowest BCUT2D eigenvalue weighted by Crippen LogP contribution is -2.29. The first-order valence-electron chi connectivity index (χ1n) is 5.03. The molecule has 7 heteroatoms. The Balaban J connectivity index is 2.83. The summed E-state index contributed by atoms with van der Waals surface area (Å²) in [5.41, 5.74) is -0.114. The van der Waals surface area contributed by atoms with Gasteiger partial charge in [0.05, 0.1) is 4.92 Å². The lowest BCUT2D eigenvalue weighted by Gasteiger charge is -2.07. The highest BCUT2D eigenvalue weighted by atomic mass is 35.5. The van der Waals surface area contributed by atoms with Crippen LogP contribution >= 0.6 is 11.6 Å². The molecule has 0 radical (unpaired) electrons. The van der Waals surface area contributed by atoms with E-state index in [4.69, 9.17) is 11.6 Å². The summed E-state index contributed by atoms with van der Waals surface area (Å²) in [7, 11) is 0. The van der Waals surface area contributed by atoms with Gasteiger partial charge < -0.3 is 10.6 Å². The van der Waals surface area contributed by atoms with Gasteiger partial charge in [-0.25, -0.2) is 4.79 Å². The van der Waals surface area contributed by atoms with Crippen LogP contribution in [0, 0.1) is 10.1 Å². The molecule has 0 aliphatic carbocycles. The molecule has 6 nitrogen and oxygen atoms in total. The number of halogens is 1. The van der Waals surface area contributed by atoms with Crippen molar-refractivity contribution in [3.8, 4) is 0 Å². The molecular formula is C10H12ClN3O3. The highest BCUT2D eigenvalue weighted by Gasteiger charge is 2.15. The number of hydrogen-bond donors (Lipinski definition) is 2. The van der Waals surface area contributed by atoms with Crippen molar-refractivity contribution in [3.05, 3.63) is 33.3 Å². The quantitative estimate of drug-likeness (QED) is 0.642. The Kier molecular flexibility index (Phi) is 4.71. The number of anilines is 1. The van der Waals surface area contributed by atoms with E-state index < -0.39 is 11.0 Å². The van der Waals surface area contributed by atoms with E-state index >= 15 is 0 Å². The van der Waals surface area contributed by atoms with E-state index in [0.29, 0.717) is 6.54 Å².